The first kappa shape index (κ1) is 12.4. The minimum atomic E-state index is -0.891. The van der Waals surface area contributed by atoms with Gasteiger partial charge in [-0.15, -0.1) is 0 Å². The molecule has 0 amide bonds. The van der Waals surface area contributed by atoms with E-state index >= 15 is 0 Å². The molecule has 1 aliphatic heterocycles. The van der Waals surface area contributed by atoms with Gasteiger partial charge in [-0.05, 0) is 25.5 Å². The Morgan fingerprint density at radius 2 is 2.05 bits per heavy atom. The summed E-state index contributed by atoms with van der Waals surface area (Å²) in [5.74, 6) is -0.891. The van der Waals surface area contributed by atoms with Crippen LogP contribution in [0.4, 0.5) is 5.69 Å². The van der Waals surface area contributed by atoms with E-state index in [-0.39, 0.29) is 0 Å². The molecule has 2 heterocycles. The van der Waals surface area contributed by atoms with E-state index in [0.717, 1.165) is 28.1 Å². The van der Waals surface area contributed by atoms with Crippen LogP contribution in [0.5, 0.6) is 0 Å². The van der Waals surface area contributed by atoms with Gasteiger partial charge in [-0.2, -0.15) is 0 Å². The van der Waals surface area contributed by atoms with Crippen molar-refractivity contribution < 1.29 is 9.90 Å². The predicted molar refractivity (Wildman–Crippen MR) is 79.6 cm³/mol. The Bertz CT molecular complexity index is 767. The van der Waals surface area contributed by atoms with Gasteiger partial charge in [0, 0.05) is 35.4 Å². The number of aromatic nitrogens is 1. The lowest BCUT2D eigenvalue weighted by molar-refractivity contribution is 0.0695. The van der Waals surface area contributed by atoms with Crippen LogP contribution >= 0.6 is 0 Å². The maximum Gasteiger partial charge on any atom is 0.337 e. The van der Waals surface area contributed by atoms with Crippen molar-refractivity contribution in [1.29, 1.82) is 0 Å². The molecular weight excluding hydrogens is 252 g/mol. The van der Waals surface area contributed by atoms with E-state index in [9.17, 15) is 9.90 Å². The summed E-state index contributed by atoms with van der Waals surface area (Å²) in [5, 5.41) is 9.22. The SMILES string of the molecule is Cc1cn(C=C2C=Nc3ccccc32)c(C)c1C(=O)O. The van der Waals surface area contributed by atoms with Crippen LogP contribution in [-0.4, -0.2) is 21.9 Å². The molecular formula is C16H14N2O2. The Hall–Kier alpha value is -2.62. The summed E-state index contributed by atoms with van der Waals surface area (Å²) in [4.78, 5) is 15.6. The maximum absolute atomic E-state index is 11.2. The fourth-order valence-electron chi connectivity index (χ4n) is 2.53. The normalized spacial score (nSPS) is 14.8. The van der Waals surface area contributed by atoms with Crippen LogP contribution in [0.2, 0.25) is 0 Å². The van der Waals surface area contributed by atoms with E-state index in [4.69, 9.17) is 0 Å². The standard InChI is InChI=1S/C16H14N2O2/c1-10-8-18(11(2)15(10)16(19)20)9-12-7-17-14-6-4-3-5-13(12)14/h3-9H,1-2H3,(H,19,20). The van der Waals surface area contributed by atoms with E-state index in [2.05, 4.69) is 4.99 Å². The summed E-state index contributed by atoms with van der Waals surface area (Å²) in [6, 6.07) is 7.89. The van der Waals surface area contributed by atoms with E-state index in [1.807, 2.05) is 55.1 Å². The van der Waals surface area contributed by atoms with Crippen LogP contribution in [0.25, 0.3) is 11.8 Å². The molecule has 0 aliphatic carbocycles. The van der Waals surface area contributed by atoms with Crippen LogP contribution in [0.3, 0.4) is 0 Å². The Kier molecular flexibility index (Phi) is 2.79. The minimum absolute atomic E-state index is 0.366. The van der Waals surface area contributed by atoms with Gasteiger partial charge in [0.1, 0.15) is 0 Å². The number of carbonyl (C=O) groups is 1. The van der Waals surface area contributed by atoms with Crippen LogP contribution in [0.15, 0.2) is 35.5 Å². The van der Waals surface area contributed by atoms with E-state index in [1.165, 1.54) is 0 Å². The van der Waals surface area contributed by atoms with E-state index in [1.54, 1.807) is 6.21 Å². The van der Waals surface area contributed by atoms with Crippen molar-refractivity contribution >= 4 is 29.6 Å². The number of hydrogen-bond acceptors (Lipinski definition) is 2. The fourth-order valence-corrected chi connectivity index (χ4v) is 2.53. The zero-order chi connectivity index (χ0) is 14.3. The lowest BCUT2D eigenvalue weighted by atomic mass is 10.1. The highest BCUT2D eigenvalue weighted by atomic mass is 16.4. The van der Waals surface area contributed by atoms with Crippen molar-refractivity contribution in [3.05, 3.63) is 52.8 Å². The molecule has 1 aliphatic rings. The molecule has 20 heavy (non-hydrogen) atoms. The predicted octanol–water partition coefficient (Wildman–Crippen LogP) is 3.52. The van der Waals surface area contributed by atoms with E-state index < -0.39 is 5.97 Å². The molecule has 100 valence electrons. The van der Waals surface area contributed by atoms with Crippen molar-refractivity contribution in [2.45, 2.75) is 13.8 Å². The number of carboxylic acid groups (broad SMARTS) is 1. The Balaban J connectivity index is 2.09. The lowest BCUT2D eigenvalue weighted by Crippen LogP contribution is -2.00. The molecule has 4 heteroatoms. The maximum atomic E-state index is 11.2. The molecule has 0 atom stereocenters. The number of para-hydroxylation sites is 1. The average molecular weight is 266 g/mol. The molecule has 4 nitrogen and oxygen atoms in total. The molecule has 0 radical (unpaired) electrons. The second-order valence-corrected chi connectivity index (χ2v) is 4.84. The van der Waals surface area contributed by atoms with Gasteiger partial charge in [-0.25, -0.2) is 4.79 Å². The number of benzene rings is 1. The molecule has 1 aromatic heterocycles. The molecule has 2 aromatic rings. The number of nitrogens with zero attached hydrogens (tertiary/aromatic N) is 2. The van der Waals surface area contributed by atoms with Gasteiger partial charge in [0.05, 0.1) is 11.3 Å². The largest absolute Gasteiger partial charge is 0.478 e. The topological polar surface area (TPSA) is 54.6 Å². The molecule has 0 saturated heterocycles. The molecule has 0 spiro atoms. The number of rotatable bonds is 2. The van der Waals surface area contributed by atoms with Crippen LogP contribution in [0.1, 0.15) is 27.2 Å². The number of allylic oxidation sites excluding steroid dienone is 1. The van der Waals surface area contributed by atoms with Gasteiger partial charge < -0.3 is 9.67 Å². The zero-order valence-electron chi connectivity index (χ0n) is 11.3. The fraction of sp³-hybridized carbons (Fsp3) is 0.125. The van der Waals surface area contributed by atoms with Gasteiger partial charge in [-0.3, -0.25) is 4.99 Å². The molecule has 0 bridgehead atoms. The second-order valence-electron chi connectivity index (χ2n) is 4.84. The summed E-state index contributed by atoms with van der Waals surface area (Å²) in [6.07, 6.45) is 5.56. The molecule has 1 N–H and O–H groups in total. The second kappa shape index (κ2) is 4.49. The highest BCUT2D eigenvalue weighted by molar-refractivity contribution is 6.20. The quantitative estimate of drug-likeness (QED) is 0.904. The first-order valence-electron chi connectivity index (χ1n) is 6.34. The first-order chi connectivity index (χ1) is 9.58. The Morgan fingerprint density at radius 1 is 1.30 bits per heavy atom. The van der Waals surface area contributed by atoms with Gasteiger partial charge in [0.15, 0.2) is 0 Å². The molecule has 0 fully saturated rings. The van der Waals surface area contributed by atoms with Gasteiger partial charge in [-0.1, -0.05) is 18.2 Å². The summed E-state index contributed by atoms with van der Waals surface area (Å²) >= 11 is 0. The summed E-state index contributed by atoms with van der Waals surface area (Å²) < 4.78 is 1.85. The minimum Gasteiger partial charge on any atom is -0.478 e. The highest BCUT2D eigenvalue weighted by Gasteiger charge is 2.16. The third kappa shape index (κ3) is 1.86. The molecule has 3 rings (SSSR count). The van der Waals surface area contributed by atoms with Crippen molar-refractivity contribution in [3.8, 4) is 0 Å². The summed E-state index contributed by atoms with van der Waals surface area (Å²) in [7, 11) is 0. The van der Waals surface area contributed by atoms with Crippen LogP contribution in [-0.2, 0) is 0 Å². The van der Waals surface area contributed by atoms with Crippen LogP contribution in [0, 0.1) is 13.8 Å². The number of hydrogen-bond donors (Lipinski definition) is 1. The molecule has 0 saturated carbocycles. The Morgan fingerprint density at radius 3 is 2.75 bits per heavy atom. The Labute approximate surface area is 116 Å². The van der Waals surface area contributed by atoms with E-state index in [0.29, 0.717) is 5.56 Å². The van der Waals surface area contributed by atoms with Crippen LogP contribution < -0.4 is 0 Å². The number of fused-ring (bicyclic) bond motifs is 1. The van der Waals surface area contributed by atoms with Crippen molar-refractivity contribution in [3.63, 3.8) is 0 Å². The third-order valence-electron chi connectivity index (χ3n) is 3.53. The van der Waals surface area contributed by atoms with Gasteiger partial charge in [0.2, 0.25) is 0 Å². The zero-order valence-corrected chi connectivity index (χ0v) is 11.3. The lowest BCUT2D eigenvalue weighted by Gasteiger charge is -2.03. The molecule has 1 aromatic carbocycles. The van der Waals surface area contributed by atoms with Crippen molar-refractivity contribution in [2.24, 2.45) is 4.99 Å². The summed E-state index contributed by atoms with van der Waals surface area (Å²) in [6.45, 7) is 3.62. The van der Waals surface area contributed by atoms with Gasteiger partial charge >= 0.3 is 5.97 Å². The summed E-state index contributed by atoms with van der Waals surface area (Å²) in [5.41, 5.74) is 4.84. The third-order valence-corrected chi connectivity index (χ3v) is 3.53. The number of aliphatic imine (C=N–C) groups is 1. The van der Waals surface area contributed by atoms with Crippen molar-refractivity contribution in [2.75, 3.05) is 0 Å². The highest BCUT2D eigenvalue weighted by Crippen LogP contribution is 2.31. The monoisotopic (exact) mass is 266 g/mol. The number of aromatic carboxylic acids is 1. The smallest absolute Gasteiger partial charge is 0.337 e. The number of aryl methyl sites for hydroxylation is 1. The number of carboxylic acids is 1. The van der Waals surface area contributed by atoms with Crippen molar-refractivity contribution in [1.82, 2.24) is 4.57 Å². The van der Waals surface area contributed by atoms with Gasteiger partial charge in [0.25, 0.3) is 0 Å². The molecule has 0 unspecified atom stereocenters. The average Bonchev–Trinajstić information content (AvgIpc) is 2.93. The first-order valence-corrected chi connectivity index (χ1v) is 6.34.